The first kappa shape index (κ1) is 19.9. The van der Waals surface area contributed by atoms with E-state index < -0.39 is 73.7 Å². The second kappa shape index (κ2) is 8.31. The summed E-state index contributed by atoms with van der Waals surface area (Å²) in [7, 11) is 0. The third-order valence-corrected chi connectivity index (χ3v) is 4.64. The molecule has 1 saturated heterocycles. The number of hydrogen-bond donors (Lipinski definition) is 6. The minimum absolute atomic E-state index is 0.457. The van der Waals surface area contributed by atoms with Crippen molar-refractivity contribution >= 4 is 23.0 Å². The number of aliphatic hydroxyl groups excluding tert-OH is 6. The highest BCUT2D eigenvalue weighted by molar-refractivity contribution is 14.1. The van der Waals surface area contributed by atoms with Crippen molar-refractivity contribution in [2.75, 3.05) is 13.2 Å². The van der Waals surface area contributed by atoms with Crippen LogP contribution in [0.5, 0.6) is 0 Å². The Kier molecular flexibility index (Phi) is 6.90. The van der Waals surface area contributed by atoms with Gasteiger partial charge < -0.3 is 47.9 Å². The van der Waals surface area contributed by atoms with Crippen LogP contribution in [-0.2, 0) is 17.3 Å². The number of aliphatic hydroxyl groups is 6. The second-order valence-electron chi connectivity index (χ2n) is 5.64. The molecule has 0 aromatic rings. The van der Waals surface area contributed by atoms with Crippen molar-refractivity contribution in [1.82, 2.24) is 0 Å². The first-order valence-corrected chi connectivity index (χ1v) is 8.19. The van der Waals surface area contributed by atoms with Crippen molar-refractivity contribution in [3.8, 4) is 0 Å². The summed E-state index contributed by atoms with van der Waals surface area (Å²) in [6, 6.07) is 0. The largest absolute Gasteiger partial charge is 0.504 e. The van der Waals surface area contributed by atoms with Crippen molar-refractivity contribution in [2.45, 2.75) is 55.8 Å². The molecule has 0 aliphatic carbocycles. The number of rotatable bonds is 5. The van der Waals surface area contributed by atoms with Crippen LogP contribution >= 0.6 is 23.0 Å². The highest BCUT2D eigenvalue weighted by Crippen LogP contribution is 2.32. The molecular weight excluding hydrogens is 443 g/mol. The molecule has 2 aliphatic heterocycles. The van der Waals surface area contributed by atoms with Gasteiger partial charge in [-0.2, -0.15) is 0 Å². The molecule has 0 radical (unpaired) electrons. The molecule has 140 valence electrons. The van der Waals surface area contributed by atoms with Gasteiger partial charge in [-0.1, -0.05) is 0 Å². The van der Waals surface area contributed by atoms with E-state index in [-0.39, 0.29) is 0 Å². The van der Waals surface area contributed by atoms with E-state index >= 15 is 0 Å². The molecule has 2 aliphatic rings. The SMILES string of the molecule is CC1OC(CO)[C@H](OC2=C(O)C(O)[C@@H](O)C(CO)O2)C(OI)C1O. The summed E-state index contributed by atoms with van der Waals surface area (Å²) in [6.45, 7) is 0.512. The lowest BCUT2D eigenvalue weighted by Crippen LogP contribution is -2.59. The average Bonchev–Trinajstić information content (AvgIpc) is 2.58. The second-order valence-corrected chi connectivity index (χ2v) is 6.14. The van der Waals surface area contributed by atoms with Crippen molar-refractivity contribution in [3.63, 3.8) is 0 Å². The maximum absolute atomic E-state index is 10.1. The van der Waals surface area contributed by atoms with Gasteiger partial charge in [0.15, 0.2) is 12.2 Å². The fraction of sp³-hybridized carbons (Fsp3) is 0.846. The third-order valence-electron chi connectivity index (χ3n) is 4.06. The Morgan fingerprint density at radius 3 is 2.21 bits per heavy atom. The smallest absolute Gasteiger partial charge is 0.322 e. The van der Waals surface area contributed by atoms with Gasteiger partial charge in [-0.3, -0.25) is 0 Å². The van der Waals surface area contributed by atoms with E-state index in [0.717, 1.165) is 0 Å². The first-order chi connectivity index (χ1) is 11.3. The Hall–Kier alpha value is -0.410. The monoisotopic (exact) mass is 464 g/mol. The zero-order valence-electron chi connectivity index (χ0n) is 12.7. The quantitative estimate of drug-likeness (QED) is 0.254. The van der Waals surface area contributed by atoms with Gasteiger partial charge in [0.25, 0.3) is 0 Å². The molecule has 0 saturated carbocycles. The van der Waals surface area contributed by atoms with Crippen LogP contribution in [0.3, 0.4) is 0 Å². The van der Waals surface area contributed by atoms with Gasteiger partial charge in [0.1, 0.15) is 53.5 Å². The lowest BCUT2D eigenvalue weighted by molar-refractivity contribution is -0.238. The number of ether oxygens (including phenoxy) is 3. The summed E-state index contributed by atoms with van der Waals surface area (Å²) in [5.74, 6) is -1.32. The van der Waals surface area contributed by atoms with Crippen molar-refractivity contribution in [2.24, 2.45) is 0 Å². The third kappa shape index (κ3) is 3.72. The van der Waals surface area contributed by atoms with Gasteiger partial charge in [-0.25, -0.2) is 0 Å². The molecule has 10 nitrogen and oxygen atoms in total. The van der Waals surface area contributed by atoms with E-state index in [9.17, 15) is 30.6 Å². The van der Waals surface area contributed by atoms with Gasteiger partial charge in [-0.05, 0) is 6.92 Å². The zero-order valence-corrected chi connectivity index (χ0v) is 14.9. The molecule has 8 atom stereocenters. The fourth-order valence-electron chi connectivity index (χ4n) is 2.61. The Bertz CT molecular complexity index is 460. The summed E-state index contributed by atoms with van der Waals surface area (Å²) in [5, 5.41) is 58.2. The van der Waals surface area contributed by atoms with E-state index in [4.69, 9.17) is 17.3 Å². The maximum Gasteiger partial charge on any atom is 0.322 e. The first-order valence-electron chi connectivity index (χ1n) is 7.30. The van der Waals surface area contributed by atoms with Gasteiger partial charge in [0.05, 0.1) is 19.3 Å². The van der Waals surface area contributed by atoms with Crippen LogP contribution in [0.4, 0.5) is 0 Å². The van der Waals surface area contributed by atoms with E-state index in [1.165, 1.54) is 0 Å². The molecular formula is C13H21IO10. The summed E-state index contributed by atoms with van der Waals surface area (Å²) in [4.78, 5) is 0. The molecule has 6 N–H and O–H groups in total. The maximum atomic E-state index is 10.1. The van der Waals surface area contributed by atoms with Gasteiger partial charge >= 0.3 is 5.95 Å². The van der Waals surface area contributed by atoms with E-state index in [2.05, 4.69) is 0 Å². The normalized spacial score (nSPS) is 43.5. The van der Waals surface area contributed by atoms with Crippen molar-refractivity contribution < 1.29 is 47.9 Å². The predicted octanol–water partition coefficient (Wildman–Crippen LogP) is -1.91. The highest BCUT2D eigenvalue weighted by Gasteiger charge is 2.48. The Morgan fingerprint density at radius 1 is 1.04 bits per heavy atom. The molecule has 11 heteroatoms. The topological polar surface area (TPSA) is 158 Å². The number of hydrogen-bond acceptors (Lipinski definition) is 10. The molecule has 0 spiro atoms. The lowest BCUT2D eigenvalue weighted by Gasteiger charge is -2.43. The molecule has 2 heterocycles. The molecule has 2 rings (SSSR count). The van der Waals surface area contributed by atoms with Crippen LogP contribution in [0.1, 0.15) is 6.92 Å². The van der Waals surface area contributed by atoms with Crippen LogP contribution in [0.15, 0.2) is 11.7 Å². The number of halogens is 1. The van der Waals surface area contributed by atoms with Crippen molar-refractivity contribution in [3.05, 3.63) is 11.7 Å². The molecule has 0 bridgehead atoms. The van der Waals surface area contributed by atoms with Crippen LogP contribution in [0.25, 0.3) is 0 Å². The Balaban J connectivity index is 2.25. The predicted molar refractivity (Wildman–Crippen MR) is 84.8 cm³/mol. The Labute approximate surface area is 151 Å². The molecule has 1 fully saturated rings. The molecule has 6 unspecified atom stereocenters. The van der Waals surface area contributed by atoms with Gasteiger partial charge in [0, 0.05) is 0 Å². The van der Waals surface area contributed by atoms with Crippen molar-refractivity contribution in [1.29, 1.82) is 0 Å². The van der Waals surface area contributed by atoms with Crippen LogP contribution in [0.2, 0.25) is 0 Å². The highest BCUT2D eigenvalue weighted by atomic mass is 127. The van der Waals surface area contributed by atoms with E-state index in [1.54, 1.807) is 29.9 Å². The lowest BCUT2D eigenvalue weighted by atomic mass is 9.95. The van der Waals surface area contributed by atoms with E-state index in [0.29, 0.717) is 0 Å². The zero-order chi connectivity index (χ0) is 18.0. The fourth-order valence-corrected chi connectivity index (χ4v) is 3.20. The summed E-state index contributed by atoms with van der Waals surface area (Å²) >= 11 is 1.57. The summed E-state index contributed by atoms with van der Waals surface area (Å²) < 4.78 is 21.2. The summed E-state index contributed by atoms with van der Waals surface area (Å²) in [6.07, 6.45) is -9.08. The van der Waals surface area contributed by atoms with Crippen LogP contribution in [-0.4, -0.2) is 92.7 Å². The Morgan fingerprint density at radius 2 is 1.67 bits per heavy atom. The average molecular weight is 464 g/mol. The van der Waals surface area contributed by atoms with Crippen LogP contribution < -0.4 is 0 Å². The summed E-state index contributed by atoms with van der Waals surface area (Å²) in [5.41, 5.74) is 0. The van der Waals surface area contributed by atoms with Gasteiger partial charge in [0.2, 0.25) is 5.76 Å². The minimum atomic E-state index is -1.72. The van der Waals surface area contributed by atoms with Crippen LogP contribution in [0, 0.1) is 0 Å². The molecule has 0 aromatic heterocycles. The molecule has 0 aromatic carbocycles. The molecule has 0 amide bonds. The minimum Gasteiger partial charge on any atom is -0.504 e. The van der Waals surface area contributed by atoms with Gasteiger partial charge in [-0.15, -0.1) is 0 Å². The molecule has 24 heavy (non-hydrogen) atoms. The van der Waals surface area contributed by atoms with E-state index in [1.807, 2.05) is 0 Å². The standard InChI is InChI=1S/C13H21IO10/c1-4-7(17)12(24-14)11(6(3-16)21-4)23-13-10(20)9(19)8(18)5(2-15)22-13/h4-9,11-12,15-20H,2-3H2,1H3/t4?,5?,6?,7?,8-,9?,11-,12?/m0/s1.